The summed E-state index contributed by atoms with van der Waals surface area (Å²) in [5.74, 6) is 0.358. The lowest BCUT2D eigenvalue weighted by Gasteiger charge is -2.16. The Bertz CT molecular complexity index is 562. The molecule has 1 aromatic carbocycles. The quantitative estimate of drug-likeness (QED) is 0.906. The van der Waals surface area contributed by atoms with E-state index >= 15 is 0 Å². The number of hydrogen-bond donors (Lipinski definition) is 1. The second-order valence-corrected chi connectivity index (χ2v) is 7.72. The monoisotopic (exact) mass is 349 g/mol. The molecule has 106 valence electrons. The third kappa shape index (κ3) is 3.55. The van der Waals surface area contributed by atoms with E-state index in [-0.39, 0.29) is 9.37 Å². The predicted molar refractivity (Wildman–Crippen MR) is 75.8 cm³/mol. The van der Waals surface area contributed by atoms with Crippen molar-refractivity contribution in [1.29, 1.82) is 0 Å². The van der Waals surface area contributed by atoms with Crippen LogP contribution in [0.3, 0.4) is 0 Å². The van der Waals surface area contributed by atoms with Crippen LogP contribution in [-0.4, -0.2) is 15.0 Å². The molecule has 0 aliphatic heterocycles. The molecule has 2 rings (SSSR count). The van der Waals surface area contributed by atoms with Gasteiger partial charge in [0, 0.05) is 6.54 Å². The molecule has 2 unspecified atom stereocenters. The molecular weight excluding hydrogens is 333 g/mol. The lowest BCUT2D eigenvalue weighted by atomic mass is 9.99. The van der Waals surface area contributed by atoms with E-state index in [0.717, 1.165) is 25.3 Å². The number of benzene rings is 1. The summed E-state index contributed by atoms with van der Waals surface area (Å²) in [7, 11) is -3.62. The molecule has 0 spiro atoms. The molecule has 19 heavy (non-hydrogen) atoms. The van der Waals surface area contributed by atoms with Crippen molar-refractivity contribution in [1.82, 2.24) is 4.72 Å². The molecular formula is C13H17BrFNO2S. The summed E-state index contributed by atoms with van der Waals surface area (Å²) in [5.41, 5.74) is 0. The van der Waals surface area contributed by atoms with Crippen LogP contribution in [-0.2, 0) is 10.0 Å². The maximum absolute atomic E-state index is 13.4. The van der Waals surface area contributed by atoms with Gasteiger partial charge in [0.15, 0.2) is 0 Å². The molecule has 0 aromatic heterocycles. The highest BCUT2D eigenvalue weighted by Crippen LogP contribution is 2.30. The topological polar surface area (TPSA) is 46.2 Å². The Labute approximate surface area is 121 Å². The first-order valence-electron chi connectivity index (χ1n) is 6.35. The molecule has 6 heteroatoms. The summed E-state index contributed by atoms with van der Waals surface area (Å²) in [5, 5.41) is 0. The van der Waals surface area contributed by atoms with Crippen LogP contribution < -0.4 is 4.72 Å². The zero-order valence-corrected chi connectivity index (χ0v) is 13.1. The lowest BCUT2D eigenvalue weighted by Crippen LogP contribution is -2.30. The van der Waals surface area contributed by atoms with Gasteiger partial charge in [0.05, 0.1) is 9.37 Å². The van der Waals surface area contributed by atoms with Crippen LogP contribution in [0.15, 0.2) is 27.6 Å². The second-order valence-electron chi connectivity index (χ2n) is 5.10. The van der Waals surface area contributed by atoms with Crippen molar-refractivity contribution in [2.45, 2.75) is 31.1 Å². The summed E-state index contributed by atoms with van der Waals surface area (Å²) >= 11 is 3.01. The highest BCUT2D eigenvalue weighted by Gasteiger charge is 2.25. The van der Waals surface area contributed by atoms with Gasteiger partial charge in [-0.25, -0.2) is 17.5 Å². The van der Waals surface area contributed by atoms with Gasteiger partial charge >= 0.3 is 0 Å². The van der Waals surface area contributed by atoms with Crippen LogP contribution in [0.1, 0.15) is 26.2 Å². The Balaban J connectivity index is 2.07. The molecule has 0 radical (unpaired) electrons. The van der Waals surface area contributed by atoms with E-state index in [1.54, 1.807) is 0 Å². The van der Waals surface area contributed by atoms with Crippen molar-refractivity contribution in [2.75, 3.05) is 6.54 Å². The normalized spacial score (nSPS) is 23.7. The molecule has 0 saturated heterocycles. The van der Waals surface area contributed by atoms with E-state index in [0.29, 0.717) is 18.4 Å². The minimum atomic E-state index is -3.62. The van der Waals surface area contributed by atoms with Crippen molar-refractivity contribution in [3.05, 3.63) is 28.5 Å². The van der Waals surface area contributed by atoms with Gasteiger partial charge in [-0.2, -0.15) is 0 Å². The van der Waals surface area contributed by atoms with Gasteiger partial charge in [-0.1, -0.05) is 19.8 Å². The molecule has 0 heterocycles. The Morgan fingerprint density at radius 3 is 2.74 bits per heavy atom. The van der Waals surface area contributed by atoms with Crippen molar-refractivity contribution in [2.24, 2.45) is 11.8 Å². The van der Waals surface area contributed by atoms with E-state index in [1.165, 1.54) is 12.1 Å². The van der Waals surface area contributed by atoms with Gasteiger partial charge in [-0.3, -0.25) is 0 Å². The highest BCUT2D eigenvalue weighted by molar-refractivity contribution is 9.10. The number of nitrogens with one attached hydrogen (secondary N) is 1. The molecule has 1 aliphatic rings. The minimum absolute atomic E-state index is 0.0288. The standard InChI is InChI=1S/C13H17BrFNO2S/c1-9-3-2-4-10(9)8-16-19(17,18)11-5-6-12(14)13(15)7-11/h5-7,9-10,16H,2-4,8H2,1H3. The fraction of sp³-hybridized carbons (Fsp3) is 0.538. The SMILES string of the molecule is CC1CCCC1CNS(=O)(=O)c1ccc(Br)c(F)c1. The summed E-state index contributed by atoms with van der Waals surface area (Å²) in [6.45, 7) is 2.58. The Morgan fingerprint density at radius 1 is 1.42 bits per heavy atom. The average molecular weight is 350 g/mol. The van der Waals surface area contributed by atoms with Gasteiger partial charge in [-0.05, 0) is 52.4 Å². The van der Waals surface area contributed by atoms with Crippen molar-refractivity contribution in [3.63, 3.8) is 0 Å². The smallest absolute Gasteiger partial charge is 0.211 e. The molecule has 0 bridgehead atoms. The van der Waals surface area contributed by atoms with E-state index < -0.39 is 15.8 Å². The van der Waals surface area contributed by atoms with Gasteiger partial charge in [0.2, 0.25) is 10.0 Å². The summed E-state index contributed by atoms with van der Waals surface area (Å²) in [6, 6.07) is 3.83. The molecule has 1 aromatic rings. The molecule has 3 nitrogen and oxygen atoms in total. The Kier molecular flexibility index (Phi) is 4.63. The molecule has 0 amide bonds. The third-order valence-corrected chi connectivity index (χ3v) is 5.84. The summed E-state index contributed by atoms with van der Waals surface area (Å²) in [6.07, 6.45) is 3.36. The number of hydrogen-bond acceptors (Lipinski definition) is 2. The third-order valence-electron chi connectivity index (χ3n) is 3.78. The van der Waals surface area contributed by atoms with E-state index in [4.69, 9.17) is 0 Å². The van der Waals surface area contributed by atoms with Crippen molar-refractivity contribution < 1.29 is 12.8 Å². The van der Waals surface area contributed by atoms with Crippen molar-refractivity contribution >= 4 is 26.0 Å². The van der Waals surface area contributed by atoms with Crippen LogP contribution in [0.25, 0.3) is 0 Å². The highest BCUT2D eigenvalue weighted by atomic mass is 79.9. The van der Waals surface area contributed by atoms with Gasteiger partial charge in [0.1, 0.15) is 5.82 Å². The zero-order valence-electron chi connectivity index (χ0n) is 10.7. The van der Waals surface area contributed by atoms with Crippen LogP contribution >= 0.6 is 15.9 Å². The molecule has 2 atom stereocenters. The molecule has 1 aliphatic carbocycles. The van der Waals surface area contributed by atoms with E-state index in [2.05, 4.69) is 27.6 Å². The van der Waals surface area contributed by atoms with Gasteiger partial charge in [0.25, 0.3) is 0 Å². The Morgan fingerprint density at radius 2 is 2.16 bits per heavy atom. The molecule has 1 fully saturated rings. The largest absolute Gasteiger partial charge is 0.240 e. The first-order chi connectivity index (χ1) is 8.90. The van der Waals surface area contributed by atoms with E-state index in [9.17, 15) is 12.8 Å². The fourth-order valence-electron chi connectivity index (χ4n) is 2.47. The predicted octanol–water partition coefficient (Wildman–Crippen LogP) is 3.30. The van der Waals surface area contributed by atoms with Gasteiger partial charge in [-0.15, -0.1) is 0 Å². The summed E-state index contributed by atoms with van der Waals surface area (Å²) in [4.78, 5) is -0.0288. The van der Waals surface area contributed by atoms with Gasteiger partial charge < -0.3 is 0 Å². The first-order valence-corrected chi connectivity index (χ1v) is 8.62. The first kappa shape index (κ1) is 14.9. The number of rotatable bonds is 4. The Hall–Kier alpha value is -0.460. The van der Waals surface area contributed by atoms with Crippen LogP contribution in [0.4, 0.5) is 4.39 Å². The minimum Gasteiger partial charge on any atom is -0.211 e. The fourth-order valence-corrected chi connectivity index (χ4v) is 3.82. The number of sulfonamides is 1. The summed E-state index contributed by atoms with van der Waals surface area (Å²) < 4.78 is 40.4. The van der Waals surface area contributed by atoms with Crippen LogP contribution in [0.2, 0.25) is 0 Å². The van der Waals surface area contributed by atoms with Crippen LogP contribution in [0, 0.1) is 17.7 Å². The van der Waals surface area contributed by atoms with Crippen LogP contribution in [0.5, 0.6) is 0 Å². The molecule has 1 saturated carbocycles. The zero-order chi connectivity index (χ0) is 14.0. The van der Waals surface area contributed by atoms with Crippen molar-refractivity contribution in [3.8, 4) is 0 Å². The average Bonchev–Trinajstić information content (AvgIpc) is 2.76. The second kappa shape index (κ2) is 5.89. The molecule has 1 N–H and O–H groups in total. The maximum atomic E-state index is 13.4. The maximum Gasteiger partial charge on any atom is 0.240 e. The van der Waals surface area contributed by atoms with E-state index in [1.807, 2.05) is 0 Å². The lowest BCUT2D eigenvalue weighted by molar-refractivity contribution is 0.414. The number of halogens is 2.